The van der Waals surface area contributed by atoms with Crippen LogP contribution in [0.3, 0.4) is 0 Å². The summed E-state index contributed by atoms with van der Waals surface area (Å²) < 4.78 is 0. The first kappa shape index (κ1) is 14.3. The summed E-state index contributed by atoms with van der Waals surface area (Å²) in [6.07, 6.45) is 0. The maximum absolute atomic E-state index is 11.6. The van der Waals surface area contributed by atoms with Crippen molar-refractivity contribution < 1.29 is 9.90 Å². The van der Waals surface area contributed by atoms with Gasteiger partial charge in [0.15, 0.2) is 0 Å². The van der Waals surface area contributed by atoms with E-state index in [1.54, 1.807) is 6.07 Å². The largest absolute Gasteiger partial charge is 0.478 e. The number of para-hydroxylation sites is 1. The van der Waals surface area contributed by atoms with Crippen LogP contribution in [0.2, 0.25) is 0 Å². The Morgan fingerprint density at radius 3 is 2.41 bits per heavy atom. The molecule has 3 aromatic rings. The van der Waals surface area contributed by atoms with Gasteiger partial charge in [0, 0.05) is 10.9 Å². The summed E-state index contributed by atoms with van der Waals surface area (Å²) in [5.74, 6) is -0.928. The highest BCUT2D eigenvalue weighted by Crippen LogP contribution is 2.27. The average molecular weight is 291 g/mol. The number of rotatable bonds is 2. The second-order valence-electron chi connectivity index (χ2n) is 5.63. The molecule has 3 nitrogen and oxygen atoms in total. The van der Waals surface area contributed by atoms with E-state index >= 15 is 0 Å². The fourth-order valence-corrected chi connectivity index (χ4v) is 2.62. The molecule has 3 heteroatoms. The highest BCUT2D eigenvalue weighted by Gasteiger charge is 2.14. The van der Waals surface area contributed by atoms with Crippen molar-refractivity contribution in [1.29, 1.82) is 0 Å². The Morgan fingerprint density at radius 1 is 0.955 bits per heavy atom. The number of aryl methyl sites for hydroxylation is 3. The van der Waals surface area contributed by atoms with E-state index in [4.69, 9.17) is 4.98 Å². The second-order valence-corrected chi connectivity index (χ2v) is 5.63. The van der Waals surface area contributed by atoms with Crippen LogP contribution in [0.25, 0.3) is 22.2 Å². The number of hydrogen-bond donors (Lipinski definition) is 1. The SMILES string of the molecule is Cc1ccc(-c2cc(C(=O)O)c3cccc(C)c3n2)cc1C. The van der Waals surface area contributed by atoms with Crippen molar-refractivity contribution in [2.45, 2.75) is 20.8 Å². The molecule has 0 bridgehead atoms. The minimum absolute atomic E-state index is 0.293. The molecule has 3 rings (SSSR count). The molecule has 0 unspecified atom stereocenters. The molecule has 0 saturated heterocycles. The third-order valence-electron chi connectivity index (χ3n) is 4.07. The van der Waals surface area contributed by atoms with Crippen molar-refractivity contribution in [1.82, 2.24) is 4.98 Å². The first-order valence-corrected chi connectivity index (χ1v) is 7.18. The lowest BCUT2D eigenvalue weighted by Gasteiger charge is -2.10. The molecule has 1 N–H and O–H groups in total. The van der Waals surface area contributed by atoms with Crippen LogP contribution in [0.1, 0.15) is 27.0 Å². The van der Waals surface area contributed by atoms with E-state index in [2.05, 4.69) is 6.92 Å². The second kappa shape index (κ2) is 5.26. The number of pyridine rings is 1. The number of carboxylic acid groups (broad SMARTS) is 1. The molecule has 22 heavy (non-hydrogen) atoms. The molecule has 0 aliphatic rings. The molecule has 0 aliphatic heterocycles. The molecule has 0 aliphatic carbocycles. The molecular formula is C19H17NO2. The maximum atomic E-state index is 11.6. The highest BCUT2D eigenvalue weighted by molar-refractivity contribution is 6.04. The highest BCUT2D eigenvalue weighted by atomic mass is 16.4. The first-order valence-electron chi connectivity index (χ1n) is 7.18. The van der Waals surface area contributed by atoms with Crippen LogP contribution < -0.4 is 0 Å². The van der Waals surface area contributed by atoms with Gasteiger partial charge in [0.05, 0.1) is 16.8 Å². The molecule has 1 aromatic heterocycles. The van der Waals surface area contributed by atoms with Crippen LogP contribution in [0.4, 0.5) is 0 Å². The van der Waals surface area contributed by atoms with E-state index < -0.39 is 5.97 Å². The molecule has 2 aromatic carbocycles. The maximum Gasteiger partial charge on any atom is 0.336 e. The molecule has 1 heterocycles. The quantitative estimate of drug-likeness (QED) is 0.755. The van der Waals surface area contributed by atoms with E-state index in [0.717, 1.165) is 16.6 Å². The number of nitrogens with zero attached hydrogens (tertiary/aromatic N) is 1. The molecule has 0 amide bonds. The average Bonchev–Trinajstić information content (AvgIpc) is 2.49. The molecule has 0 radical (unpaired) electrons. The number of carboxylic acids is 1. The van der Waals surface area contributed by atoms with E-state index in [9.17, 15) is 9.90 Å². The van der Waals surface area contributed by atoms with Crippen molar-refractivity contribution in [2.75, 3.05) is 0 Å². The van der Waals surface area contributed by atoms with Crippen LogP contribution in [-0.2, 0) is 0 Å². The van der Waals surface area contributed by atoms with Crippen LogP contribution in [-0.4, -0.2) is 16.1 Å². The van der Waals surface area contributed by atoms with Crippen molar-refractivity contribution in [2.24, 2.45) is 0 Å². The fourth-order valence-electron chi connectivity index (χ4n) is 2.62. The Kier molecular flexibility index (Phi) is 3.41. The minimum Gasteiger partial charge on any atom is -0.478 e. The molecule has 0 atom stereocenters. The number of carbonyl (C=O) groups is 1. The van der Waals surface area contributed by atoms with Gasteiger partial charge in [0.25, 0.3) is 0 Å². The Morgan fingerprint density at radius 2 is 1.73 bits per heavy atom. The Bertz CT molecular complexity index is 897. The zero-order valence-corrected chi connectivity index (χ0v) is 12.8. The van der Waals surface area contributed by atoms with E-state index in [1.807, 2.05) is 50.2 Å². The summed E-state index contributed by atoms with van der Waals surface area (Å²) in [7, 11) is 0. The topological polar surface area (TPSA) is 50.2 Å². The fraction of sp³-hybridized carbons (Fsp3) is 0.158. The summed E-state index contributed by atoms with van der Waals surface area (Å²) in [6.45, 7) is 6.05. The predicted molar refractivity (Wildman–Crippen MR) is 88.3 cm³/mol. The van der Waals surface area contributed by atoms with Gasteiger partial charge in [-0.05, 0) is 49.6 Å². The van der Waals surface area contributed by atoms with Gasteiger partial charge < -0.3 is 5.11 Å². The van der Waals surface area contributed by atoms with Gasteiger partial charge in [-0.25, -0.2) is 9.78 Å². The third kappa shape index (κ3) is 2.35. The van der Waals surface area contributed by atoms with E-state index in [1.165, 1.54) is 11.1 Å². The lowest BCUT2D eigenvalue weighted by atomic mass is 10.00. The monoisotopic (exact) mass is 291 g/mol. The van der Waals surface area contributed by atoms with E-state index in [-0.39, 0.29) is 0 Å². The standard InChI is InChI=1S/C19H17NO2/c1-11-7-8-14(9-13(11)3)17-10-16(19(21)22)15-6-4-5-12(2)18(15)20-17/h4-10H,1-3H3,(H,21,22). The predicted octanol–water partition coefficient (Wildman–Crippen LogP) is 4.53. The number of hydrogen-bond acceptors (Lipinski definition) is 2. The molecule has 0 fully saturated rings. The van der Waals surface area contributed by atoms with Gasteiger partial charge in [0.2, 0.25) is 0 Å². The van der Waals surface area contributed by atoms with Crippen LogP contribution in [0.5, 0.6) is 0 Å². The number of aromatic carboxylic acids is 1. The summed E-state index contributed by atoms with van der Waals surface area (Å²) >= 11 is 0. The minimum atomic E-state index is -0.928. The van der Waals surface area contributed by atoms with Crippen molar-refractivity contribution >= 4 is 16.9 Å². The Hall–Kier alpha value is -2.68. The summed E-state index contributed by atoms with van der Waals surface area (Å²) in [5.41, 5.74) is 6.03. The summed E-state index contributed by atoms with van der Waals surface area (Å²) in [4.78, 5) is 16.3. The Balaban J connectivity index is 2.33. The smallest absolute Gasteiger partial charge is 0.336 e. The zero-order chi connectivity index (χ0) is 15.9. The van der Waals surface area contributed by atoms with Gasteiger partial charge in [0.1, 0.15) is 0 Å². The molecule has 0 spiro atoms. The van der Waals surface area contributed by atoms with Gasteiger partial charge in [-0.15, -0.1) is 0 Å². The van der Waals surface area contributed by atoms with Crippen LogP contribution in [0.15, 0.2) is 42.5 Å². The Labute approximate surface area is 129 Å². The van der Waals surface area contributed by atoms with Crippen molar-refractivity contribution in [3.63, 3.8) is 0 Å². The van der Waals surface area contributed by atoms with E-state index in [0.29, 0.717) is 16.6 Å². The van der Waals surface area contributed by atoms with Crippen molar-refractivity contribution in [3.05, 3.63) is 64.7 Å². The number of aromatic nitrogens is 1. The first-order chi connectivity index (χ1) is 10.5. The molecular weight excluding hydrogens is 274 g/mol. The molecule has 110 valence electrons. The van der Waals surface area contributed by atoms with Crippen LogP contribution in [0, 0.1) is 20.8 Å². The van der Waals surface area contributed by atoms with Gasteiger partial charge >= 0.3 is 5.97 Å². The number of fused-ring (bicyclic) bond motifs is 1. The van der Waals surface area contributed by atoms with Gasteiger partial charge in [-0.1, -0.05) is 30.3 Å². The lowest BCUT2D eigenvalue weighted by molar-refractivity contribution is 0.0699. The summed E-state index contributed by atoms with van der Waals surface area (Å²) in [5, 5.41) is 10.2. The van der Waals surface area contributed by atoms with Gasteiger partial charge in [-0.3, -0.25) is 0 Å². The third-order valence-corrected chi connectivity index (χ3v) is 4.07. The zero-order valence-electron chi connectivity index (χ0n) is 12.8. The summed E-state index contributed by atoms with van der Waals surface area (Å²) in [6, 6.07) is 13.4. The lowest BCUT2D eigenvalue weighted by Crippen LogP contribution is -2.01. The van der Waals surface area contributed by atoms with Gasteiger partial charge in [-0.2, -0.15) is 0 Å². The number of benzene rings is 2. The normalized spacial score (nSPS) is 10.9. The van der Waals surface area contributed by atoms with Crippen LogP contribution >= 0.6 is 0 Å². The van der Waals surface area contributed by atoms with Crippen molar-refractivity contribution in [3.8, 4) is 11.3 Å². The molecule has 0 saturated carbocycles.